The maximum atomic E-state index is 14.7. The second-order valence-electron chi connectivity index (χ2n) is 20.4. The van der Waals surface area contributed by atoms with Crippen molar-refractivity contribution in [3.05, 3.63) is 88.7 Å². The molecule has 6 N–H and O–H groups in total. The number of phenolic OH excluding ortho intramolecular Hbond substituents is 3. The molecule has 1 saturated heterocycles. The monoisotopic (exact) mass is 954 g/mol. The fourth-order valence-corrected chi connectivity index (χ4v) is 9.71. The van der Waals surface area contributed by atoms with Gasteiger partial charge >= 0.3 is 11.8 Å². The van der Waals surface area contributed by atoms with Gasteiger partial charge in [0.25, 0.3) is 11.7 Å². The molecular formula is C53H70N4O12. The highest BCUT2D eigenvalue weighted by atomic mass is 16.7. The van der Waals surface area contributed by atoms with Gasteiger partial charge in [-0.3, -0.25) is 24.3 Å². The number of nitrogens with zero attached hydrogens (tertiary/aromatic N) is 3. The Hall–Kier alpha value is -5.94. The number of ether oxygens (including phenoxy) is 4. The van der Waals surface area contributed by atoms with Gasteiger partial charge in [-0.25, -0.2) is 0 Å². The van der Waals surface area contributed by atoms with Crippen molar-refractivity contribution in [2.75, 3.05) is 25.5 Å². The van der Waals surface area contributed by atoms with Crippen LogP contribution in [-0.2, 0) is 30.3 Å². The lowest BCUT2D eigenvalue weighted by molar-refractivity contribution is -0.160. The Bertz CT molecular complexity index is 2570. The van der Waals surface area contributed by atoms with Crippen LogP contribution in [0.15, 0.2) is 71.6 Å². The molecule has 0 aromatic heterocycles. The Labute approximate surface area is 404 Å². The van der Waals surface area contributed by atoms with Gasteiger partial charge in [0.15, 0.2) is 5.75 Å². The van der Waals surface area contributed by atoms with E-state index in [-0.39, 0.29) is 50.0 Å². The van der Waals surface area contributed by atoms with Crippen molar-refractivity contribution >= 4 is 40.3 Å². The smallest absolute Gasteiger partial charge is 0.312 e. The summed E-state index contributed by atoms with van der Waals surface area (Å²) >= 11 is 0. The van der Waals surface area contributed by atoms with Crippen LogP contribution >= 0.6 is 0 Å². The number of amides is 1. The summed E-state index contributed by atoms with van der Waals surface area (Å²) < 4.78 is 23.9. The molecule has 5 bridgehead atoms. The van der Waals surface area contributed by atoms with E-state index >= 15 is 0 Å². The number of ketones is 1. The van der Waals surface area contributed by atoms with Crippen LogP contribution in [0.2, 0.25) is 0 Å². The molecule has 0 radical (unpaired) electrons. The van der Waals surface area contributed by atoms with Crippen molar-refractivity contribution < 1.29 is 58.9 Å². The third kappa shape index (κ3) is 10.4. The number of benzene rings is 3. The summed E-state index contributed by atoms with van der Waals surface area (Å²) in [4.78, 5) is 43.6. The number of phenols is 3. The molecule has 374 valence electrons. The van der Waals surface area contributed by atoms with E-state index in [4.69, 9.17) is 24.0 Å². The molecule has 0 aliphatic carbocycles. The predicted octanol–water partition coefficient (Wildman–Crippen LogP) is 7.46. The number of allylic oxidation sites excluding steroid dienone is 2. The molecule has 7 rings (SSSR count). The maximum Gasteiger partial charge on any atom is 0.312 e. The molecule has 3 aromatic rings. The second-order valence-corrected chi connectivity index (χ2v) is 20.4. The van der Waals surface area contributed by atoms with Gasteiger partial charge < -0.3 is 49.8 Å². The Kier molecular flexibility index (Phi) is 15.3. The molecule has 4 aliphatic heterocycles. The molecule has 0 spiro atoms. The molecule has 0 saturated carbocycles. The molecule has 9 unspecified atom stereocenters. The second kappa shape index (κ2) is 20.2. The molecule has 16 heteroatoms. The number of hydrogen-bond acceptors (Lipinski definition) is 15. The predicted molar refractivity (Wildman–Crippen MR) is 263 cm³/mol. The first-order valence-electron chi connectivity index (χ1n) is 23.4. The zero-order chi connectivity index (χ0) is 51.1. The number of anilines is 1. The third-order valence-corrected chi connectivity index (χ3v) is 14.2. The van der Waals surface area contributed by atoms with E-state index in [1.807, 2.05) is 37.1 Å². The van der Waals surface area contributed by atoms with E-state index in [1.54, 1.807) is 39.8 Å². The minimum absolute atomic E-state index is 0.0466. The number of carbonyl (C=O) groups excluding carboxylic acids is 3. The number of nitrogens with one attached hydrogen (secondary N) is 1. The molecule has 3 aromatic carbocycles. The van der Waals surface area contributed by atoms with Gasteiger partial charge in [-0.1, -0.05) is 76.3 Å². The van der Waals surface area contributed by atoms with Crippen LogP contribution in [0.3, 0.4) is 0 Å². The Morgan fingerprint density at radius 2 is 1.55 bits per heavy atom. The minimum atomic E-state index is -2.08. The van der Waals surface area contributed by atoms with E-state index in [0.29, 0.717) is 19.6 Å². The maximum absolute atomic E-state index is 14.7. The van der Waals surface area contributed by atoms with E-state index in [0.717, 1.165) is 5.56 Å². The first kappa shape index (κ1) is 52.4. The average molecular weight is 955 g/mol. The number of aliphatic hydroxyl groups excluding tert-OH is 2. The van der Waals surface area contributed by atoms with E-state index in [1.165, 1.54) is 59.4 Å². The number of rotatable bonds is 6. The largest absolute Gasteiger partial charge is 0.507 e. The topological polar surface area (TPSA) is 220 Å². The summed E-state index contributed by atoms with van der Waals surface area (Å²) in [5.41, 5.74) is -0.206. The molecule has 1 amide bonds. The van der Waals surface area contributed by atoms with E-state index in [2.05, 4.69) is 36.2 Å². The quantitative estimate of drug-likeness (QED) is 0.0612. The van der Waals surface area contributed by atoms with Gasteiger partial charge in [0, 0.05) is 79.8 Å². The lowest BCUT2D eigenvalue weighted by Crippen LogP contribution is -2.65. The number of hydrogen-bond donors (Lipinski definition) is 6. The normalized spacial score (nSPS) is 29.9. The van der Waals surface area contributed by atoms with E-state index < -0.39 is 94.3 Å². The lowest BCUT2D eigenvalue weighted by atomic mass is 9.78. The summed E-state index contributed by atoms with van der Waals surface area (Å²) in [5.74, 6) is -8.52. The zero-order valence-electron chi connectivity index (χ0n) is 42.0. The molecule has 4 heterocycles. The fourth-order valence-electron chi connectivity index (χ4n) is 9.71. The van der Waals surface area contributed by atoms with Crippen LogP contribution in [0, 0.1) is 30.6 Å². The Morgan fingerprint density at radius 1 is 0.884 bits per heavy atom. The Balaban J connectivity index is 1.51. The van der Waals surface area contributed by atoms with Gasteiger partial charge in [-0.2, -0.15) is 5.10 Å². The van der Waals surface area contributed by atoms with Crippen molar-refractivity contribution in [1.82, 2.24) is 9.91 Å². The average Bonchev–Trinajstić information content (AvgIpc) is 3.56. The summed E-state index contributed by atoms with van der Waals surface area (Å²) in [5, 5.41) is 68.5. The van der Waals surface area contributed by atoms with Crippen LogP contribution in [0.5, 0.6) is 23.0 Å². The minimum Gasteiger partial charge on any atom is -0.507 e. The van der Waals surface area contributed by atoms with Crippen LogP contribution in [0.4, 0.5) is 5.69 Å². The van der Waals surface area contributed by atoms with Crippen LogP contribution in [0.1, 0.15) is 103 Å². The molecular weight excluding hydrogens is 885 g/mol. The van der Waals surface area contributed by atoms with Gasteiger partial charge in [0.1, 0.15) is 23.4 Å². The zero-order valence-corrected chi connectivity index (χ0v) is 42.0. The summed E-state index contributed by atoms with van der Waals surface area (Å²) in [6, 6.07) is 10.2. The highest BCUT2D eigenvalue weighted by Gasteiger charge is 2.50. The van der Waals surface area contributed by atoms with Gasteiger partial charge in [0.2, 0.25) is 0 Å². The number of hydrazone groups is 1. The summed E-state index contributed by atoms with van der Waals surface area (Å²) in [6.45, 7) is 22.7. The third-order valence-electron chi connectivity index (χ3n) is 14.2. The highest BCUT2D eigenvalue weighted by molar-refractivity contribution is 6.23. The highest BCUT2D eigenvalue weighted by Crippen LogP contribution is 2.55. The van der Waals surface area contributed by atoms with Gasteiger partial charge in [0.05, 0.1) is 65.1 Å². The van der Waals surface area contributed by atoms with Crippen molar-refractivity contribution in [3.8, 4) is 23.0 Å². The first-order chi connectivity index (χ1) is 32.3. The molecule has 9 atom stereocenters. The number of methoxy groups -OCH3 is 1. The molecule has 4 aliphatic rings. The number of fused-ring (bicyclic) bond motifs is 14. The Morgan fingerprint density at radius 3 is 2.19 bits per heavy atom. The van der Waals surface area contributed by atoms with E-state index in [9.17, 15) is 39.9 Å². The number of Topliss-reactive ketones (excluding diaryl/α,β-unsaturated/α-hetero) is 1. The molecule has 16 nitrogen and oxygen atoms in total. The summed E-state index contributed by atoms with van der Waals surface area (Å²) in [6.07, 6.45) is 4.88. The lowest BCUT2D eigenvalue weighted by Gasteiger charge is -2.54. The van der Waals surface area contributed by atoms with Crippen molar-refractivity contribution in [3.63, 3.8) is 0 Å². The van der Waals surface area contributed by atoms with Crippen molar-refractivity contribution in [2.24, 2.45) is 28.8 Å². The van der Waals surface area contributed by atoms with Crippen LogP contribution in [0.25, 0.3) is 10.8 Å². The summed E-state index contributed by atoms with van der Waals surface area (Å²) in [7, 11) is 1.44. The fraction of sp³-hybridized carbons (Fsp3) is 0.509. The standard InChI is InChI=1S/C53H70N4O12/c1-28-18-17-19-29(2)50(65)55-41-36(24-54-57-27-51(8,9)56(26-52(57,10)11)25-35-20-15-14-16-21-35)45(62)38-39(46(41)63)44(61)33(6)48-40(38)49(64)53(12,69-48)67-23-22-37(66-13)30(3)47(68-34(7)58)32(5)43(60)31(4)42(28)59/h14-24,28,30-32,37,42-43,47,59-63H,25-27H2,1-13H3,(H,55,65)/b18-17+,23-22+,29-19?,54-24+. The SMILES string of the molecule is COC1/C=C/OC2(C)Oc3c(C)c(O)c4c(O)c(c(/C=N/N5CC(C)(C)N(Cc6ccccc6)CC5(C)C)c(O)c4c3C2=O)NC(=O)C(C)=C/C=C/C(C)C(O)C(C)C(O)C(C)C(OC(C)=O)C1C. The van der Waals surface area contributed by atoms with Crippen molar-refractivity contribution in [2.45, 2.75) is 131 Å². The van der Waals surface area contributed by atoms with Crippen molar-refractivity contribution in [1.29, 1.82) is 0 Å². The number of esters is 1. The molecule has 69 heavy (non-hydrogen) atoms. The van der Waals surface area contributed by atoms with Gasteiger partial charge in [-0.05, 0) is 53.2 Å². The number of aromatic hydroxyl groups is 3. The van der Waals surface area contributed by atoms with Gasteiger partial charge in [-0.15, -0.1) is 0 Å². The molecule has 1 fully saturated rings. The number of piperazine rings is 1. The van der Waals surface area contributed by atoms with Crippen LogP contribution in [-0.4, -0.2) is 121 Å². The van der Waals surface area contributed by atoms with Crippen LogP contribution < -0.4 is 10.1 Å². The number of aliphatic hydroxyl groups is 2. The first-order valence-corrected chi connectivity index (χ1v) is 23.4. The number of carbonyl (C=O) groups is 3.